The van der Waals surface area contributed by atoms with E-state index in [2.05, 4.69) is 15.6 Å². The lowest BCUT2D eigenvalue weighted by molar-refractivity contribution is 0.0691. The lowest BCUT2D eigenvalue weighted by Crippen LogP contribution is -2.37. The molecule has 0 saturated carbocycles. The first-order valence-electron chi connectivity index (χ1n) is 6.32. The Kier molecular flexibility index (Phi) is 7.59. The molecule has 1 aromatic rings. The fraction of sp³-hybridized carbons (Fsp3) is 0.583. The normalized spacial score (nSPS) is 10.2. The fourth-order valence-electron chi connectivity index (χ4n) is 1.44. The van der Waals surface area contributed by atoms with Crippen LogP contribution < -0.4 is 10.6 Å². The van der Waals surface area contributed by atoms with Gasteiger partial charge in [0.25, 0.3) is 0 Å². The fourth-order valence-corrected chi connectivity index (χ4v) is 2.21. The Hall–Kier alpha value is -1.67. The van der Waals surface area contributed by atoms with Crippen molar-refractivity contribution < 1.29 is 19.4 Å². The molecular weight excluding hydrogens is 282 g/mol. The summed E-state index contributed by atoms with van der Waals surface area (Å²) in [6.45, 7) is 1.73. The van der Waals surface area contributed by atoms with Gasteiger partial charge in [-0.3, -0.25) is 0 Å². The third kappa shape index (κ3) is 6.48. The highest BCUT2D eigenvalue weighted by atomic mass is 32.1. The molecule has 2 amide bonds. The van der Waals surface area contributed by atoms with E-state index in [1.165, 1.54) is 16.7 Å². The third-order valence-corrected chi connectivity index (χ3v) is 3.36. The lowest BCUT2D eigenvalue weighted by Gasteiger charge is -2.06. The van der Waals surface area contributed by atoms with E-state index < -0.39 is 5.97 Å². The van der Waals surface area contributed by atoms with E-state index in [-0.39, 0.29) is 11.7 Å². The molecule has 0 atom stereocenters. The van der Waals surface area contributed by atoms with Crippen molar-refractivity contribution in [2.24, 2.45) is 0 Å². The molecule has 7 nitrogen and oxygen atoms in total. The molecule has 0 aliphatic heterocycles. The first kappa shape index (κ1) is 16.4. The van der Waals surface area contributed by atoms with Crippen molar-refractivity contribution >= 4 is 23.3 Å². The highest BCUT2D eigenvalue weighted by Gasteiger charge is 2.08. The molecule has 0 aliphatic rings. The SMILES string of the molecule is COCCCCNC(=O)NCCc1nc(C(=O)O)cs1. The van der Waals surface area contributed by atoms with Gasteiger partial charge in [0, 0.05) is 38.6 Å². The van der Waals surface area contributed by atoms with Crippen molar-refractivity contribution in [1.82, 2.24) is 15.6 Å². The van der Waals surface area contributed by atoms with Crippen LogP contribution in [0.15, 0.2) is 5.38 Å². The first-order chi connectivity index (χ1) is 9.63. The average molecular weight is 301 g/mol. The predicted molar refractivity (Wildman–Crippen MR) is 75.3 cm³/mol. The molecule has 0 bridgehead atoms. The number of hydrogen-bond acceptors (Lipinski definition) is 5. The molecule has 0 unspecified atom stereocenters. The summed E-state index contributed by atoms with van der Waals surface area (Å²) in [5.41, 5.74) is 0.0487. The van der Waals surface area contributed by atoms with E-state index in [1.54, 1.807) is 7.11 Å². The second kappa shape index (κ2) is 9.27. The number of carboxylic acids is 1. The number of urea groups is 1. The molecule has 0 fully saturated rings. The van der Waals surface area contributed by atoms with Crippen LogP contribution in [0.1, 0.15) is 28.3 Å². The number of amides is 2. The number of unbranched alkanes of at least 4 members (excludes halogenated alkanes) is 1. The minimum atomic E-state index is -1.03. The summed E-state index contributed by atoms with van der Waals surface area (Å²) in [5, 5.41) is 16.3. The number of nitrogens with one attached hydrogen (secondary N) is 2. The van der Waals surface area contributed by atoms with Gasteiger partial charge in [-0.2, -0.15) is 0 Å². The van der Waals surface area contributed by atoms with Crippen LogP contribution >= 0.6 is 11.3 Å². The van der Waals surface area contributed by atoms with Crippen LogP contribution in [-0.4, -0.2) is 48.9 Å². The first-order valence-corrected chi connectivity index (χ1v) is 7.19. The Morgan fingerprint density at radius 1 is 1.35 bits per heavy atom. The van der Waals surface area contributed by atoms with E-state index in [4.69, 9.17) is 9.84 Å². The smallest absolute Gasteiger partial charge is 0.355 e. The van der Waals surface area contributed by atoms with Gasteiger partial charge >= 0.3 is 12.0 Å². The summed E-state index contributed by atoms with van der Waals surface area (Å²) in [4.78, 5) is 26.0. The van der Waals surface area contributed by atoms with Crippen LogP contribution in [0, 0.1) is 0 Å². The minimum absolute atomic E-state index is 0.0487. The highest BCUT2D eigenvalue weighted by molar-refractivity contribution is 7.09. The Morgan fingerprint density at radius 3 is 2.75 bits per heavy atom. The molecule has 0 spiro atoms. The standard InChI is InChI=1S/C12H19N3O4S/c1-19-7-3-2-5-13-12(18)14-6-4-10-15-9(8-20-10)11(16)17/h8H,2-7H2,1H3,(H,16,17)(H2,13,14,18). The molecule has 20 heavy (non-hydrogen) atoms. The Balaban J connectivity index is 2.10. The second-order valence-electron chi connectivity index (χ2n) is 4.06. The molecule has 1 aromatic heterocycles. The number of hydrogen-bond donors (Lipinski definition) is 3. The Morgan fingerprint density at radius 2 is 2.10 bits per heavy atom. The molecule has 3 N–H and O–H groups in total. The summed E-state index contributed by atoms with van der Waals surface area (Å²) in [5.74, 6) is -1.03. The number of carbonyl (C=O) groups is 2. The topological polar surface area (TPSA) is 101 Å². The third-order valence-electron chi connectivity index (χ3n) is 2.46. The quantitative estimate of drug-likeness (QED) is 0.593. The number of rotatable bonds is 9. The summed E-state index contributed by atoms with van der Waals surface area (Å²) < 4.78 is 4.91. The number of methoxy groups -OCH3 is 1. The van der Waals surface area contributed by atoms with Crippen molar-refractivity contribution in [2.45, 2.75) is 19.3 Å². The molecule has 0 aromatic carbocycles. The molecular formula is C12H19N3O4S. The molecule has 0 saturated heterocycles. The zero-order valence-corrected chi connectivity index (χ0v) is 12.2. The molecule has 0 radical (unpaired) electrons. The van der Waals surface area contributed by atoms with Crippen molar-refractivity contribution in [2.75, 3.05) is 26.8 Å². The van der Waals surface area contributed by atoms with E-state index in [0.29, 0.717) is 31.1 Å². The largest absolute Gasteiger partial charge is 0.476 e. The van der Waals surface area contributed by atoms with E-state index >= 15 is 0 Å². The van der Waals surface area contributed by atoms with Crippen molar-refractivity contribution in [3.8, 4) is 0 Å². The van der Waals surface area contributed by atoms with E-state index in [9.17, 15) is 9.59 Å². The van der Waals surface area contributed by atoms with E-state index in [1.807, 2.05) is 0 Å². The predicted octanol–water partition coefficient (Wildman–Crippen LogP) is 1.11. The van der Waals surface area contributed by atoms with Gasteiger partial charge in [-0.1, -0.05) is 0 Å². The zero-order chi connectivity index (χ0) is 14.8. The maximum atomic E-state index is 11.4. The van der Waals surface area contributed by atoms with Gasteiger partial charge in [0.2, 0.25) is 0 Å². The number of nitrogens with zero attached hydrogens (tertiary/aromatic N) is 1. The highest BCUT2D eigenvalue weighted by Crippen LogP contribution is 2.09. The monoisotopic (exact) mass is 301 g/mol. The number of thiazole rings is 1. The van der Waals surface area contributed by atoms with Gasteiger partial charge in [-0.25, -0.2) is 14.6 Å². The van der Waals surface area contributed by atoms with Crippen LogP contribution in [0.3, 0.4) is 0 Å². The van der Waals surface area contributed by atoms with Crippen molar-refractivity contribution in [1.29, 1.82) is 0 Å². The van der Waals surface area contributed by atoms with Crippen LogP contribution in [0.2, 0.25) is 0 Å². The Bertz CT molecular complexity index is 436. The maximum Gasteiger partial charge on any atom is 0.355 e. The summed E-state index contributed by atoms with van der Waals surface area (Å²) >= 11 is 1.28. The van der Waals surface area contributed by atoms with Crippen LogP contribution in [0.25, 0.3) is 0 Å². The van der Waals surface area contributed by atoms with Crippen LogP contribution in [0.4, 0.5) is 4.79 Å². The van der Waals surface area contributed by atoms with Gasteiger partial charge in [0.05, 0.1) is 5.01 Å². The summed E-state index contributed by atoms with van der Waals surface area (Å²) in [6, 6.07) is -0.225. The number of ether oxygens (including phenoxy) is 1. The number of carbonyl (C=O) groups excluding carboxylic acids is 1. The average Bonchev–Trinajstić information content (AvgIpc) is 2.87. The van der Waals surface area contributed by atoms with Crippen LogP contribution in [0.5, 0.6) is 0 Å². The zero-order valence-electron chi connectivity index (χ0n) is 11.3. The summed E-state index contributed by atoms with van der Waals surface area (Å²) in [7, 11) is 1.65. The molecule has 112 valence electrons. The Labute approximate surface area is 121 Å². The summed E-state index contributed by atoms with van der Waals surface area (Å²) in [6.07, 6.45) is 2.30. The maximum absolute atomic E-state index is 11.4. The van der Waals surface area contributed by atoms with E-state index in [0.717, 1.165) is 12.8 Å². The van der Waals surface area contributed by atoms with Gasteiger partial charge in [-0.15, -0.1) is 11.3 Å². The minimum Gasteiger partial charge on any atom is -0.476 e. The van der Waals surface area contributed by atoms with Crippen molar-refractivity contribution in [3.63, 3.8) is 0 Å². The lowest BCUT2D eigenvalue weighted by atomic mass is 10.3. The second-order valence-corrected chi connectivity index (χ2v) is 5.01. The van der Waals surface area contributed by atoms with Gasteiger partial charge in [-0.05, 0) is 12.8 Å². The van der Waals surface area contributed by atoms with Crippen LogP contribution in [-0.2, 0) is 11.2 Å². The number of aromatic carboxylic acids is 1. The van der Waals surface area contributed by atoms with Gasteiger partial charge in [0.15, 0.2) is 5.69 Å². The molecule has 8 heteroatoms. The molecule has 0 aliphatic carbocycles. The number of aromatic nitrogens is 1. The van der Waals surface area contributed by atoms with Gasteiger partial charge in [0.1, 0.15) is 0 Å². The van der Waals surface area contributed by atoms with Gasteiger partial charge < -0.3 is 20.5 Å². The number of carboxylic acid groups (broad SMARTS) is 1. The molecule has 1 rings (SSSR count). The molecule has 1 heterocycles. The van der Waals surface area contributed by atoms with Crippen molar-refractivity contribution in [3.05, 3.63) is 16.1 Å².